The first-order valence-corrected chi connectivity index (χ1v) is 10.00. The van der Waals surface area contributed by atoms with Gasteiger partial charge in [-0.15, -0.1) is 10.2 Å². The fourth-order valence-electron chi connectivity index (χ4n) is 2.57. The lowest BCUT2D eigenvalue weighted by Crippen LogP contribution is -2.37. The summed E-state index contributed by atoms with van der Waals surface area (Å²) in [7, 11) is -3.70. The van der Waals surface area contributed by atoms with Crippen LogP contribution in [-0.2, 0) is 16.6 Å². The Bertz CT molecular complexity index is 1060. The summed E-state index contributed by atoms with van der Waals surface area (Å²) in [6.07, 6.45) is 1.42. The van der Waals surface area contributed by atoms with Gasteiger partial charge in [0.05, 0.1) is 23.4 Å². The number of sulfonamides is 1. The predicted octanol–water partition coefficient (Wildman–Crippen LogP) is -0.0986. The van der Waals surface area contributed by atoms with Crippen molar-refractivity contribution in [1.29, 1.82) is 0 Å². The van der Waals surface area contributed by atoms with Crippen molar-refractivity contribution < 1.29 is 18.0 Å². The minimum absolute atomic E-state index is 0.00151. The molecule has 26 heavy (non-hydrogen) atoms. The molecule has 4 rings (SSSR count). The van der Waals surface area contributed by atoms with Crippen molar-refractivity contribution in [2.24, 2.45) is 0 Å². The van der Waals surface area contributed by atoms with E-state index in [1.807, 2.05) is 0 Å². The number of rotatable bonds is 6. The van der Waals surface area contributed by atoms with Gasteiger partial charge in [0.2, 0.25) is 15.0 Å². The van der Waals surface area contributed by atoms with Crippen molar-refractivity contribution in [2.75, 3.05) is 12.3 Å². The van der Waals surface area contributed by atoms with Crippen LogP contribution in [0.4, 0.5) is 0 Å². The van der Waals surface area contributed by atoms with Crippen molar-refractivity contribution in [3.05, 3.63) is 46.7 Å². The molecule has 1 aromatic carbocycles. The Kier molecular flexibility index (Phi) is 4.01. The summed E-state index contributed by atoms with van der Waals surface area (Å²) in [4.78, 5) is 26.0. The molecule has 1 aliphatic heterocycles. The molecule has 0 bridgehead atoms. The molecule has 0 fully saturated rings. The van der Waals surface area contributed by atoms with E-state index in [4.69, 9.17) is 0 Å². The number of carbonyl (C=O) groups is 2. The SMILES string of the molecule is O=C1c2ccccc2C(=O)N1CCS(=O)(=O)NCc1nn2cnnc2s1. The molecule has 3 aromatic rings. The van der Waals surface area contributed by atoms with Gasteiger partial charge in [-0.25, -0.2) is 13.1 Å². The molecule has 0 unspecified atom stereocenters. The van der Waals surface area contributed by atoms with Crippen LogP contribution in [0.1, 0.15) is 25.7 Å². The zero-order valence-electron chi connectivity index (χ0n) is 13.2. The van der Waals surface area contributed by atoms with Gasteiger partial charge < -0.3 is 0 Å². The van der Waals surface area contributed by atoms with E-state index in [1.165, 1.54) is 22.2 Å². The largest absolute Gasteiger partial charge is 0.273 e. The van der Waals surface area contributed by atoms with Crippen molar-refractivity contribution in [3.63, 3.8) is 0 Å². The minimum atomic E-state index is -3.70. The lowest BCUT2D eigenvalue weighted by Gasteiger charge is -2.13. The Morgan fingerprint density at radius 2 is 1.81 bits per heavy atom. The van der Waals surface area contributed by atoms with E-state index >= 15 is 0 Å². The van der Waals surface area contributed by atoms with Gasteiger partial charge >= 0.3 is 0 Å². The van der Waals surface area contributed by atoms with Gasteiger partial charge in [0.1, 0.15) is 11.3 Å². The topological polar surface area (TPSA) is 127 Å². The van der Waals surface area contributed by atoms with Gasteiger partial charge in [0.15, 0.2) is 0 Å². The Morgan fingerprint density at radius 3 is 2.46 bits per heavy atom. The third-order valence-corrected chi connectivity index (χ3v) is 6.05. The molecule has 0 saturated heterocycles. The highest BCUT2D eigenvalue weighted by Gasteiger charge is 2.35. The number of hydrogen-bond donors (Lipinski definition) is 1. The Labute approximate surface area is 151 Å². The molecular formula is C14H12N6O4S2. The molecule has 3 heterocycles. The van der Waals surface area contributed by atoms with Crippen LogP contribution >= 0.6 is 11.3 Å². The monoisotopic (exact) mass is 392 g/mol. The van der Waals surface area contributed by atoms with Crippen LogP contribution in [0.25, 0.3) is 4.96 Å². The number of fused-ring (bicyclic) bond motifs is 2. The Hall–Kier alpha value is -2.70. The van der Waals surface area contributed by atoms with Crippen LogP contribution in [0.3, 0.4) is 0 Å². The standard InChI is InChI=1S/C14H12N6O4S2/c21-12-9-3-1-2-4-10(9)13(22)19(12)5-6-26(23,24)16-7-11-18-20-8-15-17-14(20)25-11/h1-4,8,16H,5-7H2. The van der Waals surface area contributed by atoms with Gasteiger partial charge in [-0.3, -0.25) is 14.5 Å². The molecule has 2 amide bonds. The first-order valence-electron chi connectivity index (χ1n) is 7.53. The Morgan fingerprint density at radius 1 is 1.12 bits per heavy atom. The second-order valence-corrected chi connectivity index (χ2v) is 8.47. The molecule has 0 saturated carbocycles. The highest BCUT2D eigenvalue weighted by atomic mass is 32.2. The average Bonchev–Trinajstić information content (AvgIpc) is 3.26. The summed E-state index contributed by atoms with van der Waals surface area (Å²) in [5.41, 5.74) is 0.588. The minimum Gasteiger partial charge on any atom is -0.273 e. The maximum atomic E-state index is 12.2. The summed E-state index contributed by atoms with van der Waals surface area (Å²) >= 11 is 1.21. The number of imide groups is 1. The van der Waals surface area contributed by atoms with E-state index in [-0.39, 0.29) is 18.8 Å². The maximum Gasteiger partial charge on any atom is 0.261 e. The fraction of sp³-hybridized carbons (Fsp3) is 0.214. The molecular weight excluding hydrogens is 380 g/mol. The second-order valence-electron chi connectivity index (χ2n) is 5.50. The molecule has 2 aromatic heterocycles. The van der Waals surface area contributed by atoms with Crippen LogP contribution in [0.15, 0.2) is 30.6 Å². The van der Waals surface area contributed by atoms with E-state index < -0.39 is 21.8 Å². The first kappa shape index (κ1) is 16.8. The normalized spacial score (nSPS) is 14.4. The highest BCUT2D eigenvalue weighted by Crippen LogP contribution is 2.22. The predicted molar refractivity (Wildman–Crippen MR) is 91.1 cm³/mol. The van der Waals surface area contributed by atoms with E-state index in [1.54, 1.807) is 24.3 Å². The molecule has 0 aliphatic carbocycles. The van der Waals surface area contributed by atoms with Gasteiger partial charge in [0.25, 0.3) is 11.8 Å². The summed E-state index contributed by atoms with van der Waals surface area (Å²) in [6.45, 7) is -0.217. The number of amides is 2. The van der Waals surface area contributed by atoms with E-state index in [9.17, 15) is 18.0 Å². The van der Waals surface area contributed by atoms with Crippen LogP contribution in [0, 0.1) is 0 Å². The second kappa shape index (κ2) is 6.23. The summed E-state index contributed by atoms with van der Waals surface area (Å²) in [5.74, 6) is -1.34. The van der Waals surface area contributed by atoms with Crippen molar-refractivity contribution in [1.82, 2.24) is 29.4 Å². The summed E-state index contributed by atoms with van der Waals surface area (Å²) < 4.78 is 28.2. The highest BCUT2D eigenvalue weighted by molar-refractivity contribution is 7.89. The summed E-state index contributed by atoms with van der Waals surface area (Å²) in [6, 6.07) is 6.42. The molecule has 1 aliphatic rings. The third-order valence-electron chi connectivity index (χ3n) is 3.83. The molecule has 134 valence electrons. The number of aromatic nitrogens is 4. The Balaban J connectivity index is 1.38. The molecule has 0 atom stereocenters. The molecule has 0 spiro atoms. The first-order chi connectivity index (χ1) is 12.4. The van der Waals surface area contributed by atoms with Crippen LogP contribution in [0.5, 0.6) is 0 Å². The summed E-state index contributed by atoms with van der Waals surface area (Å²) in [5, 5.41) is 12.1. The number of nitrogens with one attached hydrogen (secondary N) is 1. The van der Waals surface area contributed by atoms with Crippen LogP contribution in [0.2, 0.25) is 0 Å². The van der Waals surface area contributed by atoms with Gasteiger partial charge in [-0.05, 0) is 12.1 Å². The van der Waals surface area contributed by atoms with Crippen molar-refractivity contribution in [3.8, 4) is 0 Å². The van der Waals surface area contributed by atoms with E-state index in [0.29, 0.717) is 21.1 Å². The van der Waals surface area contributed by atoms with Gasteiger partial charge in [-0.1, -0.05) is 23.5 Å². The van der Waals surface area contributed by atoms with E-state index in [2.05, 4.69) is 20.0 Å². The van der Waals surface area contributed by atoms with Crippen LogP contribution in [-0.4, -0.2) is 57.2 Å². The lowest BCUT2D eigenvalue weighted by atomic mass is 10.1. The quantitative estimate of drug-likeness (QED) is 0.581. The molecule has 0 radical (unpaired) electrons. The van der Waals surface area contributed by atoms with Crippen LogP contribution < -0.4 is 4.72 Å². The maximum absolute atomic E-state index is 12.2. The smallest absolute Gasteiger partial charge is 0.261 e. The lowest BCUT2D eigenvalue weighted by molar-refractivity contribution is 0.0664. The number of hydrogen-bond acceptors (Lipinski definition) is 8. The number of carbonyl (C=O) groups excluding carboxylic acids is 2. The van der Waals surface area contributed by atoms with Crippen molar-refractivity contribution >= 4 is 38.1 Å². The molecule has 12 heteroatoms. The van der Waals surface area contributed by atoms with E-state index in [0.717, 1.165) is 4.90 Å². The average molecular weight is 392 g/mol. The number of benzene rings is 1. The molecule has 1 N–H and O–H groups in total. The zero-order valence-corrected chi connectivity index (χ0v) is 14.8. The zero-order chi connectivity index (χ0) is 18.3. The van der Waals surface area contributed by atoms with Gasteiger partial charge in [0, 0.05) is 6.54 Å². The number of nitrogens with zero attached hydrogens (tertiary/aromatic N) is 5. The van der Waals surface area contributed by atoms with Crippen molar-refractivity contribution in [2.45, 2.75) is 6.54 Å². The third kappa shape index (κ3) is 2.98. The molecule has 10 nitrogen and oxygen atoms in total. The van der Waals surface area contributed by atoms with Gasteiger partial charge in [-0.2, -0.15) is 9.61 Å². The fourth-order valence-corrected chi connectivity index (χ4v) is 4.34.